The summed E-state index contributed by atoms with van der Waals surface area (Å²) >= 11 is 0. The maximum Gasteiger partial charge on any atom is 0.364 e. The Morgan fingerprint density at radius 2 is 0.898 bits per heavy atom. The highest BCUT2D eigenvalue weighted by molar-refractivity contribution is 5.77. The topological polar surface area (TPSA) is 648 Å². The Labute approximate surface area is 496 Å². The third-order valence-electron chi connectivity index (χ3n) is 15.6. The summed E-state index contributed by atoms with van der Waals surface area (Å²) in [6.45, 7) is -4.63. The zero-order valence-electron chi connectivity index (χ0n) is 46.9. The number of carboxylic acid groups (broad SMARTS) is 2. The van der Waals surface area contributed by atoms with E-state index in [4.69, 9.17) is 52.1 Å². The van der Waals surface area contributed by atoms with Gasteiger partial charge in [0.25, 0.3) is 11.6 Å². The van der Waals surface area contributed by atoms with Gasteiger partial charge in [-0.15, -0.1) is 0 Å². The average molecular weight is 1290 g/mol. The summed E-state index contributed by atoms with van der Waals surface area (Å²) in [6, 6.07) is -5.84. The molecular weight excluding hydrogens is 1210 g/mol. The molecule has 0 aromatic rings. The van der Waals surface area contributed by atoms with Gasteiger partial charge in [0, 0.05) is 33.6 Å². The molecule has 40 nitrogen and oxygen atoms in total. The van der Waals surface area contributed by atoms with Gasteiger partial charge in [-0.05, 0) is 0 Å². The number of rotatable bonds is 25. The Bertz CT molecular complexity index is 2320. The van der Waals surface area contributed by atoms with E-state index >= 15 is 0 Å². The van der Waals surface area contributed by atoms with E-state index in [9.17, 15) is 131 Å². The van der Waals surface area contributed by atoms with Gasteiger partial charge in [-0.1, -0.05) is 0 Å². The minimum absolute atomic E-state index is 0.856. The Balaban J connectivity index is 1.43. The van der Waals surface area contributed by atoms with E-state index in [0.29, 0.717) is 0 Å². The van der Waals surface area contributed by atoms with Crippen molar-refractivity contribution in [3.8, 4) is 0 Å². The highest BCUT2D eigenvalue weighted by Gasteiger charge is 2.64. The third kappa shape index (κ3) is 15.6. The van der Waals surface area contributed by atoms with Crippen molar-refractivity contribution in [3.63, 3.8) is 0 Å². The lowest BCUT2D eigenvalue weighted by molar-refractivity contribution is -0.403. The average Bonchev–Trinajstić information content (AvgIpc) is 0.787. The molecule has 0 saturated carbocycles. The first-order valence-corrected chi connectivity index (χ1v) is 27.4. The number of carboxylic acids is 2. The van der Waals surface area contributed by atoms with Crippen LogP contribution in [0.1, 0.15) is 33.6 Å². The van der Waals surface area contributed by atoms with Crippen molar-refractivity contribution in [1.82, 2.24) is 16.0 Å². The van der Waals surface area contributed by atoms with Gasteiger partial charge in [0.1, 0.15) is 134 Å². The molecule has 24 N–H and O–H groups in total. The van der Waals surface area contributed by atoms with Crippen LogP contribution in [0.3, 0.4) is 0 Å². The predicted octanol–water partition coefficient (Wildman–Crippen LogP) is -15.3. The van der Waals surface area contributed by atoms with Gasteiger partial charge in [-0.2, -0.15) is 0 Å². The number of carbonyl (C=O) groups is 5. The van der Waals surface area contributed by atoms with Crippen LogP contribution in [0, 0.1) is 0 Å². The number of hydrogen-bond acceptors (Lipinski definition) is 35. The third-order valence-corrected chi connectivity index (χ3v) is 15.6. The van der Waals surface area contributed by atoms with E-state index in [0.717, 1.165) is 20.8 Å². The minimum atomic E-state index is -3.62. The van der Waals surface area contributed by atoms with Gasteiger partial charge >= 0.3 is 11.9 Å². The van der Waals surface area contributed by atoms with Crippen molar-refractivity contribution in [3.05, 3.63) is 0 Å². The zero-order chi connectivity index (χ0) is 65.8. The molecule has 40 heteroatoms. The second-order valence-electron chi connectivity index (χ2n) is 21.8. The fraction of sp³-hybridized carbons (Fsp3) is 0.896. The predicted molar refractivity (Wildman–Crippen MR) is 268 cm³/mol. The Hall–Kier alpha value is -3.85. The number of hydrogen-bond donors (Lipinski definition) is 24. The van der Waals surface area contributed by atoms with Crippen molar-refractivity contribution in [1.29, 1.82) is 0 Å². The van der Waals surface area contributed by atoms with Gasteiger partial charge in [0.15, 0.2) is 25.2 Å². The Morgan fingerprint density at radius 1 is 0.466 bits per heavy atom. The molecule has 0 unspecified atom stereocenters. The molecule has 0 aliphatic carbocycles. The first-order valence-electron chi connectivity index (χ1n) is 27.4. The van der Waals surface area contributed by atoms with Gasteiger partial charge < -0.3 is 175 Å². The second kappa shape index (κ2) is 30.7. The summed E-state index contributed by atoms with van der Waals surface area (Å²) in [7, 11) is 0. The maximum atomic E-state index is 13.9. The molecule has 0 aromatic carbocycles. The Morgan fingerprint density at radius 3 is 1.40 bits per heavy atom. The fourth-order valence-electron chi connectivity index (χ4n) is 11.1. The lowest BCUT2D eigenvalue weighted by Gasteiger charge is -2.53. The lowest BCUT2D eigenvalue weighted by atomic mass is 9.87. The maximum absolute atomic E-state index is 13.9. The molecule has 3 amide bonds. The van der Waals surface area contributed by atoms with Gasteiger partial charge in [-0.25, -0.2) is 9.59 Å². The number of aliphatic carboxylic acids is 2. The van der Waals surface area contributed by atoms with Crippen LogP contribution in [0.2, 0.25) is 0 Å². The molecular formula is C48H79N3O37. The van der Waals surface area contributed by atoms with E-state index in [-0.39, 0.29) is 0 Å². The summed E-state index contributed by atoms with van der Waals surface area (Å²) in [5.74, 6) is -14.4. The smallest absolute Gasteiger partial charge is 0.364 e. The number of nitrogens with one attached hydrogen (secondary N) is 3. The van der Waals surface area contributed by atoms with Crippen LogP contribution in [0.5, 0.6) is 0 Å². The molecule has 6 heterocycles. The van der Waals surface area contributed by atoms with Crippen molar-refractivity contribution in [2.24, 2.45) is 0 Å². The summed E-state index contributed by atoms with van der Waals surface area (Å²) in [4.78, 5) is 64.9. The molecule has 0 radical (unpaired) electrons. The van der Waals surface area contributed by atoms with Crippen molar-refractivity contribution in [2.45, 2.75) is 229 Å². The second-order valence-corrected chi connectivity index (χ2v) is 21.8. The van der Waals surface area contributed by atoms with E-state index in [1.54, 1.807) is 0 Å². The molecule has 32 atom stereocenters. The molecule has 6 aliphatic heterocycles. The molecule has 6 fully saturated rings. The lowest BCUT2D eigenvalue weighted by Crippen LogP contribution is -2.72. The highest BCUT2D eigenvalue weighted by atomic mass is 16.8. The molecule has 88 heavy (non-hydrogen) atoms. The van der Waals surface area contributed by atoms with Crippen molar-refractivity contribution >= 4 is 29.7 Å². The van der Waals surface area contributed by atoms with E-state index in [1.165, 1.54) is 0 Å². The summed E-state index contributed by atoms with van der Waals surface area (Å²) in [5, 5.41) is 235. The van der Waals surface area contributed by atoms with Gasteiger partial charge in [0.05, 0.1) is 63.9 Å². The molecule has 0 spiro atoms. The SMILES string of the molecule is CC(=O)N[C@H]1[C@H](O[C@@H]2[C@H](O[C@]3(C(=O)O)C[C@H](O)[C@@H](NC(C)=O)[C@H]([C@H](O)[C@@H](CO)O[C@]4(C(=O)O)C[C@H](O)[C@@H](NC(C)=O)[C@H]([C@H](O)[C@H](O)CO)O4)O3)[C@@H](O)[C@H](O[C@H]3[C@H](O)[C@@H](O)[C@@H](O)O[C@@H]3CO)O[C@@H]2CO)O[C@H](CO)[C@H](O[C@@H]2O[C@H](CO)[C@H](O)[C@H](O)[C@H]2O)[C@@H]1O. The summed E-state index contributed by atoms with van der Waals surface area (Å²) in [5.41, 5.74) is 0. The number of aliphatic hydroxyl groups is 19. The normalized spacial score (nSPS) is 44.6. The number of aliphatic hydroxyl groups excluding tert-OH is 19. The van der Waals surface area contributed by atoms with E-state index in [2.05, 4.69) is 16.0 Å². The van der Waals surface area contributed by atoms with E-state index in [1.807, 2.05) is 0 Å². The summed E-state index contributed by atoms with van der Waals surface area (Å²) < 4.78 is 63.3. The zero-order valence-corrected chi connectivity index (χ0v) is 46.9. The standard InChI is InChI=1S/C48H79N3O37/c1-12(58)49-23-15(61)4-47(45(74)75,86-38(23)26(64)17(63)6-52)85-19(8-54)28(66)39-24(50-13(2)59)16(62)5-48(87-39,46(76)77)88-40-34(72)44(83-36-20(9-55)78-41(73)32(70)31(36)69)81-22(11-57)37(40)84-42-25(51-14(3)60)29(67)35(21(10-56)80-42)82-43-33(71)30(68)27(65)18(7-53)79-43/h15-44,52-57,61-73H,4-11H2,1-3H3,(H,49,58)(H,50,59)(H,51,60)(H,74,75)(H,76,77)/t15-,16-,17+,18+,19+,20+,21+,22+,23+,24+,25+,26+,27-,28+,29+,30-,31+,32+,33+,34+,35-,36+,37-,38+,39+,40+,41-,42-,43-,44-,47+,48-/m0/s1. The van der Waals surface area contributed by atoms with Crippen LogP contribution >= 0.6 is 0 Å². The first-order chi connectivity index (χ1) is 41.3. The number of carbonyl (C=O) groups excluding carboxylic acids is 3. The molecule has 6 aliphatic rings. The van der Waals surface area contributed by atoms with Crippen LogP contribution < -0.4 is 16.0 Å². The van der Waals surface area contributed by atoms with Crippen LogP contribution in [0.25, 0.3) is 0 Å². The molecule has 6 rings (SSSR count). The Kier molecular flexibility index (Phi) is 25.6. The molecule has 6 saturated heterocycles. The number of ether oxygens (including phenoxy) is 11. The monoisotopic (exact) mass is 1290 g/mol. The minimum Gasteiger partial charge on any atom is -0.477 e. The first kappa shape index (κ1) is 73.2. The van der Waals surface area contributed by atoms with Crippen LogP contribution in [0.15, 0.2) is 0 Å². The quantitative estimate of drug-likeness (QED) is 0.0404. The fourth-order valence-corrected chi connectivity index (χ4v) is 11.1. The highest BCUT2D eigenvalue weighted by Crippen LogP contribution is 2.42. The van der Waals surface area contributed by atoms with Crippen LogP contribution in [0.4, 0.5) is 0 Å². The van der Waals surface area contributed by atoms with Gasteiger partial charge in [-0.3, -0.25) is 14.4 Å². The number of amides is 3. The van der Waals surface area contributed by atoms with Crippen molar-refractivity contribution in [2.75, 3.05) is 39.6 Å². The molecule has 0 aromatic heterocycles. The van der Waals surface area contributed by atoms with Gasteiger partial charge in [0.2, 0.25) is 17.7 Å². The molecule has 0 bridgehead atoms. The van der Waals surface area contributed by atoms with E-state index < -0.39 is 277 Å². The molecule has 508 valence electrons. The van der Waals surface area contributed by atoms with Crippen LogP contribution in [-0.4, -0.2) is 372 Å². The summed E-state index contributed by atoms with van der Waals surface area (Å²) in [6.07, 6.45) is -62.2. The largest absolute Gasteiger partial charge is 0.477 e. The van der Waals surface area contributed by atoms with Crippen LogP contribution in [-0.2, 0) is 76.1 Å². The van der Waals surface area contributed by atoms with Crippen molar-refractivity contribution < 1.29 is 183 Å².